The van der Waals surface area contributed by atoms with Crippen molar-refractivity contribution in [2.24, 2.45) is 0 Å². The maximum atomic E-state index is 10.6. The van der Waals surface area contributed by atoms with Crippen molar-refractivity contribution in [2.75, 3.05) is 0 Å². The van der Waals surface area contributed by atoms with Gasteiger partial charge >= 0.3 is 5.97 Å². The van der Waals surface area contributed by atoms with Gasteiger partial charge in [0.05, 0.1) is 18.0 Å². The van der Waals surface area contributed by atoms with Crippen LogP contribution in [-0.4, -0.2) is 32.4 Å². The van der Waals surface area contributed by atoms with Crippen LogP contribution in [0.1, 0.15) is 23.7 Å². The molecule has 0 spiro atoms. The van der Waals surface area contributed by atoms with Crippen molar-refractivity contribution in [3.05, 3.63) is 41.6 Å². The molecule has 5 heteroatoms. The lowest BCUT2D eigenvalue weighted by atomic mass is 9.95. The third-order valence-electron chi connectivity index (χ3n) is 3.14. The lowest BCUT2D eigenvalue weighted by Gasteiger charge is -2.19. The summed E-state index contributed by atoms with van der Waals surface area (Å²) >= 11 is 0. The summed E-state index contributed by atoms with van der Waals surface area (Å²) in [5, 5.41) is 29.3. The summed E-state index contributed by atoms with van der Waals surface area (Å²) in [5.74, 6) is -1.15. The van der Waals surface area contributed by atoms with Gasteiger partial charge in [0.25, 0.3) is 0 Å². The molecule has 2 aromatic rings. The molecule has 0 aliphatic rings. The summed E-state index contributed by atoms with van der Waals surface area (Å²) in [6.07, 6.45) is -1.42. The predicted molar refractivity (Wildman–Crippen MR) is 69.7 cm³/mol. The van der Waals surface area contributed by atoms with E-state index in [1.165, 1.54) is 0 Å². The van der Waals surface area contributed by atoms with Gasteiger partial charge in [0.1, 0.15) is 6.10 Å². The number of nitrogens with zero attached hydrogens (tertiary/aromatic N) is 1. The Hall–Kier alpha value is -1.98. The number of benzene rings is 1. The van der Waals surface area contributed by atoms with Crippen LogP contribution in [0.5, 0.6) is 0 Å². The van der Waals surface area contributed by atoms with Gasteiger partial charge in [-0.2, -0.15) is 0 Å². The second-order valence-electron chi connectivity index (χ2n) is 4.46. The van der Waals surface area contributed by atoms with Crippen molar-refractivity contribution in [1.29, 1.82) is 0 Å². The molecule has 1 aromatic carbocycles. The van der Waals surface area contributed by atoms with Crippen LogP contribution < -0.4 is 0 Å². The quantitative estimate of drug-likeness (QED) is 0.774. The Labute approximate surface area is 110 Å². The molecule has 3 N–H and O–H groups in total. The first-order chi connectivity index (χ1) is 9.00. The molecule has 0 amide bonds. The molecule has 0 radical (unpaired) electrons. The Morgan fingerprint density at radius 3 is 2.74 bits per heavy atom. The summed E-state index contributed by atoms with van der Waals surface area (Å²) < 4.78 is 0. The highest BCUT2D eigenvalue weighted by atomic mass is 16.4. The Bertz CT molecular complexity index is 611. The van der Waals surface area contributed by atoms with Crippen LogP contribution in [0, 0.1) is 6.92 Å². The number of aliphatic hydroxyl groups is 2. The van der Waals surface area contributed by atoms with Gasteiger partial charge in [-0.15, -0.1) is 0 Å². The van der Waals surface area contributed by atoms with Crippen molar-refractivity contribution >= 4 is 16.9 Å². The lowest BCUT2D eigenvalue weighted by molar-refractivity contribution is -0.141. The Balaban J connectivity index is 2.39. The maximum Gasteiger partial charge on any atom is 0.306 e. The largest absolute Gasteiger partial charge is 0.481 e. The van der Waals surface area contributed by atoms with E-state index < -0.39 is 24.6 Å². The Morgan fingerprint density at radius 2 is 2.05 bits per heavy atom. The Kier molecular flexibility index (Phi) is 3.78. The fraction of sp³-hybridized carbons (Fsp3) is 0.286. The number of aryl methyl sites for hydroxylation is 1. The van der Waals surface area contributed by atoms with Crippen molar-refractivity contribution in [3.63, 3.8) is 0 Å². The summed E-state index contributed by atoms with van der Waals surface area (Å²) in [4.78, 5) is 14.8. The highest BCUT2D eigenvalue weighted by Gasteiger charge is 2.23. The number of aliphatic hydroxyl groups excluding tert-OH is 2. The van der Waals surface area contributed by atoms with Gasteiger partial charge in [0.2, 0.25) is 0 Å². The number of hydrogen-bond donors (Lipinski definition) is 3. The molecule has 0 bridgehead atoms. The van der Waals surface area contributed by atoms with Gasteiger partial charge in [-0.05, 0) is 24.1 Å². The van der Waals surface area contributed by atoms with Crippen LogP contribution in [0.15, 0.2) is 30.5 Å². The number of fused-ring (bicyclic) bond motifs is 1. The summed E-state index contributed by atoms with van der Waals surface area (Å²) in [6.45, 7) is 1.79. The zero-order chi connectivity index (χ0) is 14.0. The average Bonchev–Trinajstić information content (AvgIpc) is 2.38. The number of rotatable bonds is 4. The number of hydrogen-bond acceptors (Lipinski definition) is 4. The minimum absolute atomic E-state index is 0.499. The van der Waals surface area contributed by atoms with Gasteiger partial charge in [-0.1, -0.05) is 18.2 Å². The second kappa shape index (κ2) is 5.34. The van der Waals surface area contributed by atoms with Crippen LogP contribution in [0.25, 0.3) is 10.9 Å². The molecular formula is C14H15NO4. The molecule has 1 aromatic heterocycles. The molecule has 1 heterocycles. The number of pyridine rings is 1. The van der Waals surface area contributed by atoms with Gasteiger partial charge in [-0.3, -0.25) is 9.78 Å². The number of carboxylic acids is 1. The predicted octanol–water partition coefficient (Wildman–Crippen LogP) is 1.41. The molecule has 100 valence electrons. The normalized spacial score (nSPS) is 14.3. The van der Waals surface area contributed by atoms with E-state index in [2.05, 4.69) is 4.98 Å². The highest BCUT2D eigenvalue weighted by Crippen LogP contribution is 2.27. The molecule has 0 saturated carbocycles. The third-order valence-corrected chi connectivity index (χ3v) is 3.14. The van der Waals surface area contributed by atoms with Gasteiger partial charge in [0.15, 0.2) is 0 Å². The van der Waals surface area contributed by atoms with E-state index in [4.69, 9.17) is 5.11 Å². The van der Waals surface area contributed by atoms with Crippen molar-refractivity contribution in [1.82, 2.24) is 4.98 Å². The van der Waals surface area contributed by atoms with Crippen LogP contribution in [0.3, 0.4) is 0 Å². The van der Waals surface area contributed by atoms with Gasteiger partial charge in [0, 0.05) is 11.6 Å². The van der Waals surface area contributed by atoms with Gasteiger partial charge < -0.3 is 15.3 Å². The number of aliphatic carboxylic acids is 1. The van der Waals surface area contributed by atoms with E-state index in [9.17, 15) is 15.0 Å². The fourth-order valence-corrected chi connectivity index (χ4v) is 2.13. The fourth-order valence-electron chi connectivity index (χ4n) is 2.13. The number of carbonyl (C=O) groups is 1. The molecule has 0 saturated heterocycles. The van der Waals surface area contributed by atoms with Gasteiger partial charge in [-0.25, -0.2) is 0 Å². The van der Waals surface area contributed by atoms with Crippen LogP contribution >= 0.6 is 0 Å². The molecule has 0 fully saturated rings. The van der Waals surface area contributed by atoms with Crippen molar-refractivity contribution in [2.45, 2.75) is 25.6 Å². The molecule has 0 aliphatic carbocycles. The lowest BCUT2D eigenvalue weighted by Crippen LogP contribution is -2.22. The monoisotopic (exact) mass is 261 g/mol. The first-order valence-electron chi connectivity index (χ1n) is 5.93. The molecule has 2 unspecified atom stereocenters. The number of aromatic nitrogens is 1. The van der Waals surface area contributed by atoms with Crippen LogP contribution in [0.2, 0.25) is 0 Å². The Morgan fingerprint density at radius 1 is 1.32 bits per heavy atom. The molecular weight excluding hydrogens is 246 g/mol. The minimum Gasteiger partial charge on any atom is -0.481 e. The summed E-state index contributed by atoms with van der Waals surface area (Å²) in [6, 6.07) is 7.20. The molecule has 2 rings (SSSR count). The van der Waals surface area contributed by atoms with E-state index in [1.807, 2.05) is 12.1 Å². The first kappa shape index (κ1) is 13.5. The van der Waals surface area contributed by atoms with E-state index in [1.54, 1.807) is 25.3 Å². The van der Waals surface area contributed by atoms with Crippen molar-refractivity contribution in [3.8, 4) is 0 Å². The second-order valence-corrected chi connectivity index (χ2v) is 4.46. The topological polar surface area (TPSA) is 90.7 Å². The zero-order valence-electron chi connectivity index (χ0n) is 10.4. The maximum absolute atomic E-state index is 10.6. The highest BCUT2D eigenvalue weighted by molar-refractivity contribution is 5.82. The third kappa shape index (κ3) is 2.72. The van der Waals surface area contributed by atoms with E-state index in [0.717, 1.165) is 16.5 Å². The van der Waals surface area contributed by atoms with Crippen molar-refractivity contribution < 1.29 is 20.1 Å². The first-order valence-corrected chi connectivity index (χ1v) is 5.93. The van der Waals surface area contributed by atoms with E-state index >= 15 is 0 Å². The zero-order valence-corrected chi connectivity index (χ0v) is 10.4. The minimum atomic E-state index is -1.34. The average molecular weight is 261 g/mol. The van der Waals surface area contributed by atoms with E-state index in [0.29, 0.717) is 5.56 Å². The number of carboxylic acid groups (broad SMARTS) is 1. The summed E-state index contributed by atoms with van der Waals surface area (Å²) in [7, 11) is 0. The SMILES string of the molecule is Cc1c(C(O)C(O)CC(=O)O)ccc2cccnc12. The molecule has 5 nitrogen and oxygen atoms in total. The van der Waals surface area contributed by atoms with Crippen LogP contribution in [-0.2, 0) is 4.79 Å². The molecule has 2 atom stereocenters. The molecule has 0 aliphatic heterocycles. The van der Waals surface area contributed by atoms with E-state index in [-0.39, 0.29) is 0 Å². The molecule has 19 heavy (non-hydrogen) atoms. The summed E-state index contributed by atoms with van der Waals surface area (Å²) in [5.41, 5.74) is 1.98. The standard InChI is InChI=1S/C14H15NO4/c1-8-10(14(19)11(16)7-12(17)18)5-4-9-3-2-6-15-13(8)9/h2-6,11,14,16,19H,7H2,1H3,(H,17,18). The van der Waals surface area contributed by atoms with Crippen LogP contribution in [0.4, 0.5) is 0 Å². The smallest absolute Gasteiger partial charge is 0.306 e.